The third-order valence-corrected chi connectivity index (χ3v) is 4.80. The van der Waals surface area contributed by atoms with Gasteiger partial charge in [0, 0.05) is 25.2 Å². The fourth-order valence-corrected chi connectivity index (χ4v) is 3.33. The van der Waals surface area contributed by atoms with E-state index >= 15 is 0 Å². The third-order valence-electron chi connectivity index (χ3n) is 4.80. The first-order valence-corrected chi connectivity index (χ1v) is 9.24. The number of hydrogen-bond acceptors (Lipinski definition) is 3. The Morgan fingerprint density at radius 1 is 1.35 bits per heavy atom. The van der Waals surface area contributed by atoms with E-state index in [1.807, 2.05) is 12.3 Å². The van der Waals surface area contributed by atoms with Crippen molar-refractivity contribution in [3.63, 3.8) is 0 Å². The van der Waals surface area contributed by atoms with E-state index in [1.165, 1.54) is 31.5 Å². The van der Waals surface area contributed by atoms with Gasteiger partial charge < -0.3 is 11.1 Å². The molecule has 1 aromatic heterocycles. The van der Waals surface area contributed by atoms with Crippen molar-refractivity contribution in [2.75, 3.05) is 26.2 Å². The summed E-state index contributed by atoms with van der Waals surface area (Å²) in [6, 6.07) is 8.75. The second-order valence-corrected chi connectivity index (χ2v) is 6.56. The maximum absolute atomic E-state index is 13.0. The largest absolute Gasteiger partial charge is 0.370 e. The van der Waals surface area contributed by atoms with Crippen LogP contribution in [0.25, 0.3) is 5.69 Å². The second kappa shape index (κ2) is 8.80. The van der Waals surface area contributed by atoms with Gasteiger partial charge in [0.05, 0.1) is 17.9 Å². The molecule has 0 amide bonds. The van der Waals surface area contributed by atoms with E-state index in [2.05, 4.69) is 27.2 Å². The highest BCUT2D eigenvalue weighted by Crippen LogP contribution is 2.16. The summed E-state index contributed by atoms with van der Waals surface area (Å²) in [6.07, 6.45) is 5.07. The number of likely N-dealkylation sites (tertiary alicyclic amines) is 1. The maximum Gasteiger partial charge on any atom is 0.188 e. The topological polar surface area (TPSA) is 71.5 Å². The average Bonchev–Trinajstić information content (AvgIpc) is 3.29. The molecule has 0 saturated carbocycles. The SMILES string of the molecule is CCN1CCCC1CN=C(N)NCCc1ccn(-c2ccc(F)cc2)n1. The molecule has 1 fully saturated rings. The van der Waals surface area contributed by atoms with Crippen LogP contribution in [0.15, 0.2) is 41.5 Å². The van der Waals surface area contributed by atoms with Crippen LogP contribution in [0.2, 0.25) is 0 Å². The third kappa shape index (κ3) is 4.82. The van der Waals surface area contributed by atoms with Gasteiger partial charge in [0.1, 0.15) is 5.82 Å². The zero-order valence-electron chi connectivity index (χ0n) is 15.2. The molecule has 140 valence electrons. The van der Waals surface area contributed by atoms with Crippen molar-refractivity contribution in [3.8, 4) is 5.69 Å². The number of aromatic nitrogens is 2. The van der Waals surface area contributed by atoms with Crippen molar-refractivity contribution in [3.05, 3.63) is 48.0 Å². The molecule has 26 heavy (non-hydrogen) atoms. The highest BCUT2D eigenvalue weighted by atomic mass is 19.1. The minimum absolute atomic E-state index is 0.250. The summed E-state index contributed by atoms with van der Waals surface area (Å²) in [4.78, 5) is 6.93. The first-order chi connectivity index (χ1) is 12.7. The molecule has 3 rings (SSSR count). The van der Waals surface area contributed by atoms with Crippen molar-refractivity contribution < 1.29 is 4.39 Å². The smallest absolute Gasteiger partial charge is 0.188 e. The Balaban J connectivity index is 1.44. The molecule has 0 spiro atoms. The molecule has 0 radical (unpaired) electrons. The Kier molecular flexibility index (Phi) is 6.22. The Hall–Kier alpha value is -2.41. The summed E-state index contributed by atoms with van der Waals surface area (Å²) in [7, 11) is 0. The summed E-state index contributed by atoms with van der Waals surface area (Å²) in [6.45, 7) is 5.86. The van der Waals surface area contributed by atoms with Crippen molar-refractivity contribution in [2.24, 2.45) is 10.7 Å². The molecule has 1 atom stereocenters. The van der Waals surface area contributed by atoms with Crippen LogP contribution in [0.1, 0.15) is 25.5 Å². The number of aliphatic imine (C=N–C) groups is 1. The monoisotopic (exact) mass is 358 g/mol. The van der Waals surface area contributed by atoms with E-state index in [4.69, 9.17) is 5.73 Å². The number of nitrogens with one attached hydrogen (secondary N) is 1. The van der Waals surface area contributed by atoms with Gasteiger partial charge in [-0.25, -0.2) is 9.07 Å². The van der Waals surface area contributed by atoms with Crippen LogP contribution >= 0.6 is 0 Å². The summed E-state index contributed by atoms with van der Waals surface area (Å²) >= 11 is 0. The normalized spacial score (nSPS) is 18.4. The number of guanidine groups is 1. The number of benzene rings is 1. The van der Waals surface area contributed by atoms with Gasteiger partial charge in [0.2, 0.25) is 0 Å². The highest BCUT2D eigenvalue weighted by molar-refractivity contribution is 5.77. The quantitative estimate of drug-likeness (QED) is 0.586. The van der Waals surface area contributed by atoms with Gasteiger partial charge in [-0.3, -0.25) is 9.89 Å². The number of nitrogens with zero attached hydrogens (tertiary/aromatic N) is 4. The minimum atomic E-state index is -0.250. The molecule has 1 aromatic carbocycles. The average molecular weight is 358 g/mol. The van der Waals surface area contributed by atoms with Gasteiger partial charge in [-0.05, 0) is 56.3 Å². The molecule has 0 aliphatic carbocycles. The zero-order chi connectivity index (χ0) is 18.4. The summed E-state index contributed by atoms with van der Waals surface area (Å²) in [5.41, 5.74) is 7.76. The molecule has 2 heterocycles. The second-order valence-electron chi connectivity index (χ2n) is 6.56. The lowest BCUT2D eigenvalue weighted by Crippen LogP contribution is -2.36. The summed E-state index contributed by atoms with van der Waals surface area (Å²) < 4.78 is 14.7. The summed E-state index contributed by atoms with van der Waals surface area (Å²) in [5, 5.41) is 7.66. The first-order valence-electron chi connectivity index (χ1n) is 9.24. The number of nitrogens with two attached hydrogens (primary N) is 1. The van der Waals surface area contributed by atoms with E-state index < -0.39 is 0 Å². The molecule has 2 aromatic rings. The fraction of sp³-hybridized carbons (Fsp3) is 0.474. The van der Waals surface area contributed by atoms with Gasteiger partial charge in [-0.2, -0.15) is 5.10 Å². The predicted octanol–water partition coefficient (Wildman–Crippen LogP) is 1.94. The fourth-order valence-electron chi connectivity index (χ4n) is 3.33. The molecule has 3 N–H and O–H groups in total. The molecule has 1 saturated heterocycles. The van der Waals surface area contributed by atoms with Crippen LogP contribution in [0.3, 0.4) is 0 Å². The Morgan fingerprint density at radius 3 is 2.92 bits per heavy atom. The molecule has 1 unspecified atom stereocenters. The van der Waals surface area contributed by atoms with E-state index in [0.717, 1.165) is 30.9 Å². The lowest BCUT2D eigenvalue weighted by molar-refractivity contribution is 0.273. The first kappa shape index (κ1) is 18.4. The van der Waals surface area contributed by atoms with E-state index in [-0.39, 0.29) is 5.82 Å². The lowest BCUT2D eigenvalue weighted by Gasteiger charge is -2.20. The Bertz CT molecular complexity index is 724. The van der Waals surface area contributed by atoms with Crippen LogP contribution in [-0.4, -0.2) is 52.9 Å². The predicted molar refractivity (Wildman–Crippen MR) is 102 cm³/mol. The summed E-state index contributed by atoms with van der Waals surface area (Å²) in [5.74, 6) is 0.241. The minimum Gasteiger partial charge on any atom is -0.370 e. The van der Waals surface area contributed by atoms with E-state index in [9.17, 15) is 4.39 Å². The molecular weight excluding hydrogens is 331 g/mol. The van der Waals surface area contributed by atoms with Crippen LogP contribution in [0, 0.1) is 5.82 Å². The van der Waals surface area contributed by atoms with Gasteiger partial charge in [-0.1, -0.05) is 6.92 Å². The number of likely N-dealkylation sites (N-methyl/N-ethyl adjacent to an activating group) is 1. The molecule has 6 nitrogen and oxygen atoms in total. The van der Waals surface area contributed by atoms with Crippen LogP contribution in [0.5, 0.6) is 0 Å². The highest BCUT2D eigenvalue weighted by Gasteiger charge is 2.22. The number of halogens is 1. The standard InChI is InChI=1S/C19H27FN6/c1-2-25-12-3-4-18(25)14-23-19(21)22-11-9-16-10-13-26(24-16)17-7-5-15(20)6-8-17/h5-8,10,13,18H,2-4,9,11-12,14H2,1H3,(H3,21,22,23). The van der Waals surface area contributed by atoms with E-state index in [1.54, 1.807) is 16.8 Å². The molecule has 0 bridgehead atoms. The van der Waals surface area contributed by atoms with Crippen molar-refractivity contribution in [1.29, 1.82) is 0 Å². The zero-order valence-corrected chi connectivity index (χ0v) is 15.2. The van der Waals surface area contributed by atoms with E-state index in [0.29, 0.717) is 18.5 Å². The van der Waals surface area contributed by atoms with Gasteiger partial charge >= 0.3 is 0 Å². The molecule has 1 aliphatic heterocycles. The van der Waals surface area contributed by atoms with Crippen LogP contribution in [0.4, 0.5) is 4.39 Å². The molecule has 7 heteroatoms. The number of hydrogen-bond donors (Lipinski definition) is 2. The van der Waals surface area contributed by atoms with Crippen LogP contribution < -0.4 is 11.1 Å². The van der Waals surface area contributed by atoms with Gasteiger partial charge in [-0.15, -0.1) is 0 Å². The maximum atomic E-state index is 13.0. The van der Waals surface area contributed by atoms with Gasteiger partial charge in [0.15, 0.2) is 5.96 Å². The molecule has 1 aliphatic rings. The van der Waals surface area contributed by atoms with Crippen molar-refractivity contribution in [1.82, 2.24) is 20.0 Å². The van der Waals surface area contributed by atoms with Crippen molar-refractivity contribution in [2.45, 2.75) is 32.2 Å². The van der Waals surface area contributed by atoms with Crippen LogP contribution in [-0.2, 0) is 6.42 Å². The van der Waals surface area contributed by atoms with Gasteiger partial charge in [0.25, 0.3) is 0 Å². The lowest BCUT2D eigenvalue weighted by atomic mass is 10.2. The Labute approximate surface area is 153 Å². The van der Waals surface area contributed by atoms with Crippen molar-refractivity contribution >= 4 is 5.96 Å². The number of rotatable bonds is 7. The Morgan fingerprint density at radius 2 is 2.15 bits per heavy atom. The molecular formula is C19H27FN6.